The molecule has 0 atom stereocenters. The molecule has 0 radical (unpaired) electrons. The number of nitriles is 1. The summed E-state index contributed by atoms with van der Waals surface area (Å²) in [4.78, 5) is 22.6. The van der Waals surface area contributed by atoms with Gasteiger partial charge in [-0.3, -0.25) is 4.79 Å². The summed E-state index contributed by atoms with van der Waals surface area (Å²) in [7, 11) is 0. The number of aromatic nitrogens is 3. The van der Waals surface area contributed by atoms with E-state index in [4.69, 9.17) is 0 Å². The maximum absolute atomic E-state index is 11.8. The molecule has 0 saturated carbocycles. The van der Waals surface area contributed by atoms with E-state index >= 15 is 0 Å². The Bertz CT molecular complexity index is 967. The Morgan fingerprint density at radius 2 is 2.21 bits per heavy atom. The predicted octanol–water partition coefficient (Wildman–Crippen LogP) is 4.35. The fourth-order valence-corrected chi connectivity index (χ4v) is 3.55. The molecule has 3 rings (SSSR count). The Hall–Kier alpha value is -2.91. The molecule has 6 heteroatoms. The van der Waals surface area contributed by atoms with Crippen LogP contribution in [0.15, 0.2) is 23.7 Å². The molecular formula is C18H16N4OS. The van der Waals surface area contributed by atoms with E-state index in [2.05, 4.69) is 21.0 Å². The molecule has 3 heterocycles. The van der Waals surface area contributed by atoms with Gasteiger partial charge in [-0.1, -0.05) is 0 Å². The summed E-state index contributed by atoms with van der Waals surface area (Å²) in [5, 5.41) is 12.0. The zero-order valence-corrected chi connectivity index (χ0v) is 14.4. The third kappa shape index (κ3) is 2.82. The van der Waals surface area contributed by atoms with E-state index in [9.17, 15) is 10.1 Å². The molecule has 0 spiro atoms. The van der Waals surface area contributed by atoms with Crippen LogP contribution in [0.4, 0.5) is 0 Å². The van der Waals surface area contributed by atoms with Crippen molar-refractivity contribution >= 4 is 28.8 Å². The van der Waals surface area contributed by atoms with Crippen molar-refractivity contribution in [2.24, 2.45) is 0 Å². The lowest BCUT2D eigenvalue weighted by atomic mass is 10.1. The van der Waals surface area contributed by atoms with Gasteiger partial charge in [-0.05, 0) is 44.5 Å². The first kappa shape index (κ1) is 16.0. The van der Waals surface area contributed by atoms with Gasteiger partial charge in [0, 0.05) is 28.5 Å². The van der Waals surface area contributed by atoms with E-state index in [1.54, 1.807) is 13.0 Å². The predicted molar refractivity (Wildman–Crippen MR) is 95.7 cm³/mol. The Labute approximate surface area is 143 Å². The van der Waals surface area contributed by atoms with Gasteiger partial charge in [0.1, 0.15) is 11.1 Å². The number of H-pyrrole nitrogens is 2. The number of carbonyl (C=O) groups is 1. The molecule has 0 aromatic carbocycles. The van der Waals surface area contributed by atoms with E-state index < -0.39 is 0 Å². The van der Waals surface area contributed by atoms with Crippen molar-refractivity contribution in [3.8, 4) is 17.5 Å². The maximum atomic E-state index is 11.8. The first-order valence-corrected chi connectivity index (χ1v) is 8.30. The summed E-state index contributed by atoms with van der Waals surface area (Å²) < 4.78 is 0. The fourth-order valence-electron chi connectivity index (χ4n) is 2.78. The monoisotopic (exact) mass is 336 g/mol. The van der Waals surface area contributed by atoms with Gasteiger partial charge < -0.3 is 9.97 Å². The minimum absolute atomic E-state index is 0.0345. The van der Waals surface area contributed by atoms with Crippen LogP contribution in [0.2, 0.25) is 0 Å². The number of aryl methyl sites for hydroxylation is 1. The highest BCUT2D eigenvalue weighted by atomic mass is 32.1. The summed E-state index contributed by atoms with van der Waals surface area (Å²) in [5.41, 5.74) is 5.38. The molecule has 0 aliphatic heterocycles. The van der Waals surface area contributed by atoms with Crippen molar-refractivity contribution in [1.82, 2.24) is 15.0 Å². The molecular weight excluding hydrogens is 320 g/mol. The Kier molecular flexibility index (Phi) is 4.19. The number of thiazole rings is 1. The third-order valence-electron chi connectivity index (χ3n) is 3.82. The van der Waals surface area contributed by atoms with Crippen molar-refractivity contribution in [3.05, 3.63) is 51.2 Å². The third-order valence-corrected chi connectivity index (χ3v) is 4.70. The van der Waals surface area contributed by atoms with Crippen LogP contribution in [0.1, 0.15) is 39.2 Å². The number of hydrogen-bond acceptors (Lipinski definition) is 4. The average Bonchev–Trinajstić information content (AvgIpc) is 3.25. The van der Waals surface area contributed by atoms with Crippen molar-refractivity contribution in [3.63, 3.8) is 0 Å². The highest BCUT2D eigenvalue weighted by Gasteiger charge is 2.18. The zero-order valence-electron chi connectivity index (χ0n) is 13.6. The summed E-state index contributed by atoms with van der Waals surface area (Å²) in [6, 6.07) is 5.97. The molecule has 24 heavy (non-hydrogen) atoms. The number of allylic oxidation sites excluding steroid dienone is 1. The molecule has 0 fully saturated rings. The summed E-state index contributed by atoms with van der Waals surface area (Å²) in [6.45, 7) is 5.35. The van der Waals surface area contributed by atoms with Crippen LogP contribution in [-0.4, -0.2) is 20.7 Å². The summed E-state index contributed by atoms with van der Waals surface area (Å²) in [5.74, 6) is 0.0345. The second kappa shape index (κ2) is 6.30. The van der Waals surface area contributed by atoms with Gasteiger partial charge in [-0.2, -0.15) is 5.26 Å². The van der Waals surface area contributed by atoms with E-state index in [1.807, 2.05) is 37.6 Å². The Balaban J connectivity index is 2.01. The Morgan fingerprint density at radius 3 is 2.79 bits per heavy atom. The number of aromatic amines is 2. The van der Waals surface area contributed by atoms with Crippen LogP contribution in [-0.2, 0) is 0 Å². The molecule has 3 aromatic rings. The number of ketones is 1. The van der Waals surface area contributed by atoms with Gasteiger partial charge >= 0.3 is 0 Å². The van der Waals surface area contributed by atoms with Crippen molar-refractivity contribution < 1.29 is 4.79 Å². The van der Waals surface area contributed by atoms with Crippen molar-refractivity contribution in [2.75, 3.05) is 0 Å². The summed E-state index contributed by atoms with van der Waals surface area (Å²) in [6.07, 6.45) is 3.58. The normalized spacial score (nSPS) is 11.5. The quantitative estimate of drug-likeness (QED) is 0.548. The second-order valence-corrected chi connectivity index (χ2v) is 6.37. The van der Waals surface area contributed by atoms with Crippen LogP contribution < -0.4 is 0 Å². The van der Waals surface area contributed by atoms with E-state index in [-0.39, 0.29) is 5.78 Å². The molecule has 0 bridgehead atoms. The first-order valence-electron chi connectivity index (χ1n) is 7.42. The highest BCUT2D eigenvalue weighted by Crippen LogP contribution is 2.31. The lowest BCUT2D eigenvalue weighted by Gasteiger charge is -1.97. The lowest BCUT2D eigenvalue weighted by molar-refractivity contribution is 0.101. The highest BCUT2D eigenvalue weighted by molar-refractivity contribution is 7.11. The van der Waals surface area contributed by atoms with Crippen LogP contribution in [0.25, 0.3) is 23.0 Å². The van der Waals surface area contributed by atoms with E-state index in [1.165, 1.54) is 11.3 Å². The second-order valence-electron chi connectivity index (χ2n) is 5.51. The largest absolute Gasteiger partial charge is 0.362 e. The number of carbonyl (C=O) groups excluding carboxylic acids is 1. The Morgan fingerprint density at radius 1 is 1.42 bits per heavy atom. The maximum Gasteiger partial charge on any atom is 0.161 e. The van der Waals surface area contributed by atoms with Gasteiger partial charge in [-0.15, -0.1) is 11.3 Å². The minimum atomic E-state index is 0.0345. The standard InChI is InChI=1S/C18H16N4OS/c1-10-16(12(3)23)11(2)21-17(10)15-9-24-18(22-15)13(8-19)7-14-5-4-6-20-14/h4-7,9,20-21H,1-3H3/b13-7+. The topological polar surface area (TPSA) is 85.3 Å². The molecule has 0 saturated heterocycles. The van der Waals surface area contributed by atoms with Gasteiger partial charge in [0.25, 0.3) is 0 Å². The number of Topliss-reactive ketones (excluding diaryl/α,β-unsaturated/α-hetero) is 1. The van der Waals surface area contributed by atoms with Gasteiger partial charge in [0.05, 0.1) is 17.0 Å². The first-order chi connectivity index (χ1) is 11.5. The zero-order chi connectivity index (χ0) is 17.3. The van der Waals surface area contributed by atoms with Gasteiger partial charge in [-0.25, -0.2) is 4.98 Å². The lowest BCUT2D eigenvalue weighted by Crippen LogP contribution is -1.94. The molecule has 0 unspecified atom stereocenters. The molecule has 0 aliphatic rings. The molecule has 120 valence electrons. The van der Waals surface area contributed by atoms with Crippen LogP contribution in [0, 0.1) is 25.2 Å². The fraction of sp³-hybridized carbons (Fsp3) is 0.167. The average molecular weight is 336 g/mol. The number of rotatable bonds is 4. The van der Waals surface area contributed by atoms with E-state index in [0.29, 0.717) is 16.1 Å². The van der Waals surface area contributed by atoms with Crippen molar-refractivity contribution in [1.29, 1.82) is 5.26 Å². The van der Waals surface area contributed by atoms with Crippen LogP contribution in [0.3, 0.4) is 0 Å². The molecule has 0 amide bonds. The molecule has 2 N–H and O–H groups in total. The number of nitrogens with zero attached hydrogens (tertiary/aromatic N) is 2. The van der Waals surface area contributed by atoms with Crippen LogP contribution >= 0.6 is 11.3 Å². The minimum Gasteiger partial charge on any atom is -0.362 e. The molecule has 0 aliphatic carbocycles. The SMILES string of the molecule is CC(=O)c1c(C)[nH]c(-c2csc(/C(C#N)=C/c3ccc[nH]3)n2)c1C. The van der Waals surface area contributed by atoms with Gasteiger partial charge in [0.15, 0.2) is 5.78 Å². The molecule has 5 nitrogen and oxygen atoms in total. The van der Waals surface area contributed by atoms with E-state index in [0.717, 1.165) is 28.3 Å². The molecule has 3 aromatic heterocycles. The van der Waals surface area contributed by atoms with Crippen molar-refractivity contribution in [2.45, 2.75) is 20.8 Å². The van der Waals surface area contributed by atoms with Crippen LogP contribution in [0.5, 0.6) is 0 Å². The summed E-state index contributed by atoms with van der Waals surface area (Å²) >= 11 is 1.41. The van der Waals surface area contributed by atoms with Gasteiger partial charge in [0.2, 0.25) is 0 Å². The number of hydrogen-bond donors (Lipinski definition) is 2. The smallest absolute Gasteiger partial charge is 0.161 e. The number of nitrogens with one attached hydrogen (secondary N) is 2.